The molecule has 0 heterocycles. The quantitative estimate of drug-likeness (QED) is 0.808. The van der Waals surface area contributed by atoms with Gasteiger partial charge in [0.1, 0.15) is 5.75 Å². The molecular formula is C17H23NO2. The van der Waals surface area contributed by atoms with Gasteiger partial charge in [0.2, 0.25) is 0 Å². The van der Waals surface area contributed by atoms with E-state index in [4.69, 9.17) is 4.74 Å². The van der Waals surface area contributed by atoms with Gasteiger partial charge < -0.3 is 10.1 Å². The van der Waals surface area contributed by atoms with E-state index in [1.807, 2.05) is 30.3 Å². The zero-order chi connectivity index (χ0) is 14.2. The Morgan fingerprint density at radius 1 is 1.30 bits per heavy atom. The summed E-state index contributed by atoms with van der Waals surface area (Å²) in [6.45, 7) is 3.82. The average Bonchev–Trinajstić information content (AvgIpc) is 2.48. The van der Waals surface area contributed by atoms with Crippen LogP contribution in [-0.4, -0.2) is 18.6 Å². The van der Waals surface area contributed by atoms with Crippen molar-refractivity contribution >= 4 is 5.91 Å². The lowest BCUT2D eigenvalue weighted by Gasteiger charge is -2.22. The standard InChI is InChI=1S/C17H23NO2/c1-2-8-14-9-6-7-12-16(14)20-13-17(19)18-15-10-4-3-5-11-15/h2,6-7,9,12,15H,1,3-5,8,10-11,13H2,(H,18,19). The van der Waals surface area contributed by atoms with Crippen molar-refractivity contribution in [1.29, 1.82) is 0 Å². The molecule has 1 aromatic rings. The molecule has 0 spiro atoms. The fraction of sp³-hybridized carbons (Fsp3) is 0.471. The molecule has 1 amide bonds. The van der Waals surface area contributed by atoms with Crippen molar-refractivity contribution in [2.75, 3.05) is 6.61 Å². The highest BCUT2D eigenvalue weighted by molar-refractivity contribution is 5.77. The minimum atomic E-state index is -0.0229. The lowest BCUT2D eigenvalue weighted by Crippen LogP contribution is -2.39. The summed E-state index contributed by atoms with van der Waals surface area (Å²) in [7, 11) is 0. The number of ether oxygens (including phenoxy) is 1. The summed E-state index contributed by atoms with van der Waals surface area (Å²) in [4.78, 5) is 11.9. The third-order valence-electron chi connectivity index (χ3n) is 3.67. The fourth-order valence-corrected chi connectivity index (χ4v) is 2.63. The van der Waals surface area contributed by atoms with Crippen molar-refractivity contribution in [3.05, 3.63) is 42.5 Å². The van der Waals surface area contributed by atoms with Gasteiger partial charge in [-0.05, 0) is 30.9 Å². The summed E-state index contributed by atoms with van der Waals surface area (Å²) in [5.41, 5.74) is 1.06. The summed E-state index contributed by atoms with van der Waals surface area (Å²) in [5, 5.41) is 3.06. The maximum Gasteiger partial charge on any atom is 0.258 e. The highest BCUT2D eigenvalue weighted by atomic mass is 16.5. The van der Waals surface area contributed by atoms with Crippen LogP contribution in [-0.2, 0) is 11.2 Å². The van der Waals surface area contributed by atoms with Crippen LogP contribution in [0.25, 0.3) is 0 Å². The molecule has 3 nitrogen and oxygen atoms in total. The van der Waals surface area contributed by atoms with Crippen molar-refractivity contribution in [3.8, 4) is 5.75 Å². The molecule has 0 aliphatic heterocycles. The Morgan fingerprint density at radius 3 is 2.80 bits per heavy atom. The first-order valence-electron chi connectivity index (χ1n) is 7.40. The maximum atomic E-state index is 11.9. The van der Waals surface area contributed by atoms with E-state index in [9.17, 15) is 4.79 Å². The fourth-order valence-electron chi connectivity index (χ4n) is 2.63. The Balaban J connectivity index is 1.82. The average molecular weight is 273 g/mol. The molecule has 3 heteroatoms. The molecule has 0 radical (unpaired) electrons. The summed E-state index contributed by atoms with van der Waals surface area (Å²) in [5.74, 6) is 0.747. The Hall–Kier alpha value is -1.77. The molecule has 20 heavy (non-hydrogen) atoms. The Morgan fingerprint density at radius 2 is 2.05 bits per heavy atom. The van der Waals surface area contributed by atoms with Gasteiger partial charge in [-0.25, -0.2) is 0 Å². The van der Waals surface area contributed by atoms with E-state index in [2.05, 4.69) is 11.9 Å². The monoisotopic (exact) mass is 273 g/mol. The van der Waals surface area contributed by atoms with Gasteiger partial charge in [-0.15, -0.1) is 6.58 Å². The normalized spacial score (nSPS) is 15.6. The molecule has 1 aliphatic carbocycles. The highest BCUT2D eigenvalue weighted by Crippen LogP contribution is 2.19. The molecule has 1 aromatic carbocycles. The molecule has 1 fully saturated rings. The third-order valence-corrected chi connectivity index (χ3v) is 3.67. The number of carbonyl (C=O) groups excluding carboxylic acids is 1. The van der Waals surface area contributed by atoms with Gasteiger partial charge in [-0.2, -0.15) is 0 Å². The largest absolute Gasteiger partial charge is 0.483 e. The first-order chi connectivity index (χ1) is 9.79. The van der Waals surface area contributed by atoms with Gasteiger partial charge in [0, 0.05) is 6.04 Å². The van der Waals surface area contributed by atoms with Crippen molar-refractivity contribution < 1.29 is 9.53 Å². The van der Waals surface area contributed by atoms with Crippen LogP contribution in [0.3, 0.4) is 0 Å². The van der Waals surface area contributed by atoms with Gasteiger partial charge in [0.25, 0.3) is 5.91 Å². The minimum Gasteiger partial charge on any atom is -0.483 e. The summed E-state index contributed by atoms with van der Waals surface area (Å²) in [6.07, 6.45) is 8.50. The van der Waals surface area contributed by atoms with E-state index in [1.54, 1.807) is 0 Å². The second-order valence-corrected chi connectivity index (χ2v) is 5.29. The van der Waals surface area contributed by atoms with Gasteiger partial charge in [0.05, 0.1) is 0 Å². The number of para-hydroxylation sites is 1. The van der Waals surface area contributed by atoms with Crippen LogP contribution in [0.1, 0.15) is 37.7 Å². The van der Waals surface area contributed by atoms with E-state index >= 15 is 0 Å². The van der Waals surface area contributed by atoms with E-state index in [-0.39, 0.29) is 12.5 Å². The molecule has 1 N–H and O–H groups in total. The van der Waals surface area contributed by atoms with Gasteiger partial charge in [-0.3, -0.25) is 4.79 Å². The second-order valence-electron chi connectivity index (χ2n) is 5.29. The zero-order valence-electron chi connectivity index (χ0n) is 11.9. The molecule has 0 bridgehead atoms. The maximum absolute atomic E-state index is 11.9. The number of nitrogens with one attached hydrogen (secondary N) is 1. The SMILES string of the molecule is C=CCc1ccccc1OCC(=O)NC1CCCCC1. The number of carbonyl (C=O) groups is 1. The predicted molar refractivity (Wildman–Crippen MR) is 80.9 cm³/mol. The lowest BCUT2D eigenvalue weighted by molar-refractivity contribution is -0.124. The van der Waals surface area contributed by atoms with Gasteiger partial charge >= 0.3 is 0 Å². The molecule has 0 atom stereocenters. The second kappa shape index (κ2) is 7.73. The summed E-state index contributed by atoms with van der Waals surface area (Å²) < 4.78 is 5.63. The van der Waals surface area contributed by atoms with Crippen molar-refractivity contribution in [3.63, 3.8) is 0 Å². The lowest BCUT2D eigenvalue weighted by atomic mass is 9.95. The number of rotatable bonds is 6. The molecule has 108 valence electrons. The number of allylic oxidation sites excluding steroid dienone is 1. The number of hydrogen-bond acceptors (Lipinski definition) is 2. The smallest absolute Gasteiger partial charge is 0.258 e. The Bertz CT molecular complexity index is 450. The molecule has 1 saturated carbocycles. The van der Waals surface area contributed by atoms with E-state index in [0.717, 1.165) is 30.6 Å². The van der Waals surface area contributed by atoms with Crippen LogP contribution < -0.4 is 10.1 Å². The van der Waals surface area contributed by atoms with Crippen LogP contribution in [0, 0.1) is 0 Å². The van der Waals surface area contributed by atoms with Gasteiger partial charge in [-0.1, -0.05) is 43.5 Å². The topological polar surface area (TPSA) is 38.3 Å². The number of amides is 1. The number of hydrogen-bond donors (Lipinski definition) is 1. The zero-order valence-corrected chi connectivity index (χ0v) is 11.9. The first kappa shape index (κ1) is 14.6. The third kappa shape index (κ3) is 4.41. The van der Waals surface area contributed by atoms with Crippen LogP contribution in [0.5, 0.6) is 5.75 Å². The van der Waals surface area contributed by atoms with Crippen molar-refractivity contribution in [2.24, 2.45) is 0 Å². The van der Waals surface area contributed by atoms with E-state index in [1.165, 1.54) is 19.3 Å². The van der Waals surface area contributed by atoms with E-state index in [0.29, 0.717) is 6.04 Å². The molecule has 2 rings (SSSR count). The Kier molecular flexibility index (Phi) is 5.66. The highest BCUT2D eigenvalue weighted by Gasteiger charge is 2.16. The van der Waals surface area contributed by atoms with E-state index < -0.39 is 0 Å². The van der Waals surface area contributed by atoms with Crippen LogP contribution in [0.4, 0.5) is 0 Å². The first-order valence-corrected chi connectivity index (χ1v) is 7.40. The molecular weight excluding hydrogens is 250 g/mol. The van der Waals surface area contributed by atoms with Crippen LogP contribution in [0.15, 0.2) is 36.9 Å². The van der Waals surface area contributed by atoms with Crippen LogP contribution in [0.2, 0.25) is 0 Å². The molecule has 0 unspecified atom stereocenters. The number of benzene rings is 1. The van der Waals surface area contributed by atoms with Gasteiger partial charge in [0.15, 0.2) is 6.61 Å². The molecule has 0 aromatic heterocycles. The molecule has 0 saturated heterocycles. The predicted octanol–water partition coefficient (Wildman–Crippen LogP) is 3.24. The Labute approximate surface area is 121 Å². The van der Waals surface area contributed by atoms with Crippen molar-refractivity contribution in [2.45, 2.75) is 44.6 Å². The summed E-state index contributed by atoms with van der Waals surface area (Å²) in [6, 6.07) is 8.11. The minimum absolute atomic E-state index is 0.0229. The molecule has 1 aliphatic rings. The van der Waals surface area contributed by atoms with Crippen molar-refractivity contribution in [1.82, 2.24) is 5.32 Å². The van der Waals surface area contributed by atoms with Crippen LogP contribution >= 0.6 is 0 Å². The summed E-state index contributed by atoms with van der Waals surface area (Å²) >= 11 is 0.